The van der Waals surface area contributed by atoms with Crippen LogP contribution in [0.5, 0.6) is 0 Å². The zero-order valence-electron chi connectivity index (χ0n) is 13.4. The summed E-state index contributed by atoms with van der Waals surface area (Å²) < 4.78 is 10.3. The maximum absolute atomic E-state index is 12.5. The van der Waals surface area contributed by atoms with Crippen molar-refractivity contribution >= 4 is 11.8 Å². The molecule has 0 radical (unpaired) electrons. The second-order valence-corrected chi connectivity index (χ2v) is 5.69. The highest BCUT2D eigenvalue weighted by molar-refractivity contribution is 5.89. The van der Waals surface area contributed by atoms with E-state index < -0.39 is 6.04 Å². The van der Waals surface area contributed by atoms with E-state index >= 15 is 0 Å². The molecular formula is C17H19N3O4. The number of ether oxygens (including phenoxy) is 1. The highest BCUT2D eigenvalue weighted by atomic mass is 16.5. The quantitative estimate of drug-likeness (QED) is 0.885. The largest absolute Gasteiger partial charge is 0.369 e. The number of benzene rings is 1. The van der Waals surface area contributed by atoms with Crippen molar-refractivity contribution in [3.05, 3.63) is 53.4 Å². The molecule has 1 fully saturated rings. The van der Waals surface area contributed by atoms with Gasteiger partial charge in [-0.3, -0.25) is 9.59 Å². The van der Waals surface area contributed by atoms with E-state index in [1.807, 2.05) is 37.3 Å². The lowest BCUT2D eigenvalue weighted by molar-refractivity contribution is -0.155. The molecule has 0 unspecified atom stereocenters. The predicted octanol–water partition coefficient (Wildman–Crippen LogP) is 1.03. The summed E-state index contributed by atoms with van der Waals surface area (Å²) in [6.45, 7) is 2.59. The van der Waals surface area contributed by atoms with Gasteiger partial charge in [0.25, 0.3) is 0 Å². The zero-order chi connectivity index (χ0) is 16.9. The van der Waals surface area contributed by atoms with Crippen molar-refractivity contribution in [2.45, 2.75) is 26.1 Å². The lowest BCUT2D eigenvalue weighted by Gasteiger charge is -2.34. The van der Waals surface area contributed by atoms with Gasteiger partial charge in [0.2, 0.25) is 11.8 Å². The summed E-state index contributed by atoms with van der Waals surface area (Å²) in [6.07, 6.45) is 0. The first-order valence-corrected chi connectivity index (χ1v) is 7.74. The van der Waals surface area contributed by atoms with Crippen LogP contribution in [-0.4, -0.2) is 41.1 Å². The SMILES string of the molecule is Cc1cc(CNC(=O)[C@H]2COCC(=O)N2Cc2ccccc2)on1. The maximum atomic E-state index is 12.5. The lowest BCUT2D eigenvalue weighted by atomic mass is 10.1. The van der Waals surface area contributed by atoms with E-state index in [1.54, 1.807) is 11.0 Å². The van der Waals surface area contributed by atoms with Gasteiger partial charge >= 0.3 is 0 Å². The number of hydrogen-bond donors (Lipinski definition) is 1. The summed E-state index contributed by atoms with van der Waals surface area (Å²) >= 11 is 0. The van der Waals surface area contributed by atoms with E-state index in [4.69, 9.17) is 9.26 Å². The van der Waals surface area contributed by atoms with Crippen molar-refractivity contribution in [3.8, 4) is 0 Å². The molecule has 1 aromatic carbocycles. The van der Waals surface area contributed by atoms with E-state index in [0.717, 1.165) is 11.3 Å². The second-order valence-electron chi connectivity index (χ2n) is 5.69. The number of nitrogens with zero attached hydrogens (tertiary/aromatic N) is 2. The average Bonchev–Trinajstić information content (AvgIpc) is 3.01. The Labute approximate surface area is 139 Å². The molecule has 3 rings (SSSR count). The Hall–Kier alpha value is -2.67. The van der Waals surface area contributed by atoms with Gasteiger partial charge in [-0.05, 0) is 12.5 Å². The second kappa shape index (κ2) is 7.27. The Kier molecular flexibility index (Phi) is 4.90. The van der Waals surface area contributed by atoms with Crippen LogP contribution in [-0.2, 0) is 27.4 Å². The number of carbonyl (C=O) groups is 2. The van der Waals surface area contributed by atoms with E-state index in [9.17, 15) is 9.59 Å². The van der Waals surface area contributed by atoms with Crippen LogP contribution in [0, 0.1) is 6.92 Å². The predicted molar refractivity (Wildman–Crippen MR) is 84.7 cm³/mol. The van der Waals surface area contributed by atoms with Crippen LogP contribution in [0.25, 0.3) is 0 Å². The standard InChI is InChI=1S/C17H19N3O4/c1-12-7-14(24-19-12)8-18-17(22)15-10-23-11-16(21)20(15)9-13-5-3-2-4-6-13/h2-7,15H,8-11H2,1H3,(H,18,22)/t15-/m1/s1. The van der Waals surface area contributed by atoms with Crippen LogP contribution in [0.15, 0.2) is 40.9 Å². The third-order valence-electron chi connectivity index (χ3n) is 3.81. The highest BCUT2D eigenvalue weighted by Gasteiger charge is 2.34. The summed E-state index contributed by atoms with van der Waals surface area (Å²) in [7, 11) is 0. The monoisotopic (exact) mass is 329 g/mol. The number of rotatable bonds is 5. The van der Waals surface area contributed by atoms with Gasteiger partial charge in [0, 0.05) is 12.6 Å². The van der Waals surface area contributed by atoms with Crippen molar-refractivity contribution in [1.29, 1.82) is 0 Å². The van der Waals surface area contributed by atoms with Crippen LogP contribution < -0.4 is 5.32 Å². The Morgan fingerprint density at radius 1 is 1.38 bits per heavy atom. The van der Waals surface area contributed by atoms with Crippen LogP contribution >= 0.6 is 0 Å². The molecule has 2 aromatic rings. The number of aryl methyl sites for hydroxylation is 1. The number of aromatic nitrogens is 1. The van der Waals surface area contributed by atoms with E-state index in [0.29, 0.717) is 12.3 Å². The minimum Gasteiger partial charge on any atom is -0.369 e. The number of amides is 2. The average molecular weight is 329 g/mol. The third kappa shape index (κ3) is 3.80. The summed E-state index contributed by atoms with van der Waals surface area (Å²) in [5.74, 6) is 0.104. The number of hydrogen-bond acceptors (Lipinski definition) is 5. The summed E-state index contributed by atoms with van der Waals surface area (Å²) in [6, 6.07) is 10.7. The van der Waals surface area contributed by atoms with Gasteiger partial charge in [0.15, 0.2) is 5.76 Å². The van der Waals surface area contributed by atoms with Gasteiger partial charge in [-0.15, -0.1) is 0 Å². The van der Waals surface area contributed by atoms with Crippen LogP contribution in [0.3, 0.4) is 0 Å². The first-order chi connectivity index (χ1) is 11.6. The summed E-state index contributed by atoms with van der Waals surface area (Å²) in [5.41, 5.74) is 1.72. The molecule has 2 heterocycles. The molecule has 126 valence electrons. The van der Waals surface area contributed by atoms with Gasteiger partial charge in [-0.25, -0.2) is 0 Å². The smallest absolute Gasteiger partial charge is 0.249 e. The number of carbonyl (C=O) groups excluding carboxylic acids is 2. The number of morpholine rings is 1. The molecule has 0 aliphatic carbocycles. The van der Waals surface area contributed by atoms with Gasteiger partial charge < -0.3 is 19.5 Å². The molecule has 0 bridgehead atoms. The fourth-order valence-corrected chi connectivity index (χ4v) is 2.59. The minimum absolute atomic E-state index is 0.00207. The van der Waals surface area contributed by atoms with Crippen LogP contribution in [0.1, 0.15) is 17.0 Å². The summed E-state index contributed by atoms with van der Waals surface area (Å²) in [4.78, 5) is 26.2. The maximum Gasteiger partial charge on any atom is 0.249 e. The zero-order valence-corrected chi connectivity index (χ0v) is 13.4. The molecule has 0 saturated carbocycles. The Morgan fingerprint density at radius 2 is 2.17 bits per heavy atom. The van der Waals surface area contributed by atoms with E-state index in [1.165, 1.54) is 0 Å². The first kappa shape index (κ1) is 16.2. The Bertz CT molecular complexity index is 714. The fourth-order valence-electron chi connectivity index (χ4n) is 2.59. The molecule has 7 nitrogen and oxygen atoms in total. The molecule has 0 spiro atoms. The Morgan fingerprint density at radius 3 is 2.88 bits per heavy atom. The van der Waals surface area contributed by atoms with Crippen molar-refractivity contribution in [1.82, 2.24) is 15.4 Å². The van der Waals surface area contributed by atoms with Gasteiger partial charge in [-0.2, -0.15) is 0 Å². The Balaban J connectivity index is 1.66. The summed E-state index contributed by atoms with van der Waals surface area (Å²) in [5, 5.41) is 6.55. The lowest BCUT2D eigenvalue weighted by Crippen LogP contribution is -2.55. The van der Waals surface area contributed by atoms with E-state index in [2.05, 4.69) is 10.5 Å². The molecule has 24 heavy (non-hydrogen) atoms. The molecule has 7 heteroatoms. The molecule has 1 atom stereocenters. The van der Waals surface area contributed by atoms with Gasteiger partial charge in [-0.1, -0.05) is 35.5 Å². The first-order valence-electron chi connectivity index (χ1n) is 7.74. The molecular weight excluding hydrogens is 310 g/mol. The molecule has 1 N–H and O–H groups in total. The van der Waals surface area contributed by atoms with E-state index in [-0.39, 0.29) is 31.6 Å². The number of nitrogens with one attached hydrogen (secondary N) is 1. The third-order valence-corrected chi connectivity index (χ3v) is 3.81. The topological polar surface area (TPSA) is 84.7 Å². The van der Waals surface area contributed by atoms with Crippen molar-refractivity contribution in [2.75, 3.05) is 13.2 Å². The normalized spacial score (nSPS) is 17.8. The molecule has 1 aromatic heterocycles. The van der Waals surface area contributed by atoms with Crippen molar-refractivity contribution < 1.29 is 18.8 Å². The fraction of sp³-hybridized carbons (Fsp3) is 0.353. The molecule has 2 amide bonds. The molecule has 1 aliphatic heterocycles. The molecule has 1 aliphatic rings. The van der Waals surface area contributed by atoms with Gasteiger partial charge in [0.05, 0.1) is 18.8 Å². The van der Waals surface area contributed by atoms with Gasteiger partial charge in [0.1, 0.15) is 12.6 Å². The van der Waals surface area contributed by atoms with Crippen molar-refractivity contribution in [3.63, 3.8) is 0 Å². The van der Waals surface area contributed by atoms with Crippen LogP contribution in [0.2, 0.25) is 0 Å². The molecule has 1 saturated heterocycles. The highest BCUT2D eigenvalue weighted by Crippen LogP contribution is 2.14. The van der Waals surface area contributed by atoms with Crippen molar-refractivity contribution in [2.24, 2.45) is 0 Å². The van der Waals surface area contributed by atoms with Crippen LogP contribution in [0.4, 0.5) is 0 Å². The minimum atomic E-state index is -0.657.